The molecule has 0 saturated heterocycles. The number of nitro groups is 1. The van der Waals surface area contributed by atoms with Crippen molar-refractivity contribution in [1.82, 2.24) is 4.72 Å². The van der Waals surface area contributed by atoms with Crippen molar-refractivity contribution in [2.45, 2.75) is 30.7 Å². The molecule has 1 atom stereocenters. The summed E-state index contributed by atoms with van der Waals surface area (Å²) in [6, 6.07) is 4.75. The van der Waals surface area contributed by atoms with Crippen molar-refractivity contribution in [3.05, 3.63) is 34.4 Å². The third-order valence-corrected chi connectivity index (χ3v) is 4.53. The number of rotatable bonds is 6. The molecule has 0 bridgehead atoms. The van der Waals surface area contributed by atoms with E-state index in [2.05, 4.69) is 0 Å². The maximum Gasteiger partial charge on any atom is 0.324 e. The lowest BCUT2D eigenvalue weighted by Crippen LogP contribution is -2.51. The van der Waals surface area contributed by atoms with Crippen molar-refractivity contribution < 1.29 is 23.2 Å². The highest BCUT2D eigenvalue weighted by Gasteiger charge is 2.38. The molecule has 110 valence electrons. The molecule has 1 aromatic rings. The van der Waals surface area contributed by atoms with Gasteiger partial charge in [-0.3, -0.25) is 14.9 Å². The summed E-state index contributed by atoms with van der Waals surface area (Å²) in [4.78, 5) is 20.6. The van der Waals surface area contributed by atoms with Crippen LogP contribution in [-0.4, -0.2) is 30.0 Å². The van der Waals surface area contributed by atoms with Gasteiger partial charge in [0.05, 0.1) is 4.92 Å². The van der Waals surface area contributed by atoms with Crippen molar-refractivity contribution in [2.24, 2.45) is 0 Å². The van der Waals surface area contributed by atoms with Gasteiger partial charge in [0.25, 0.3) is 5.69 Å². The summed E-state index contributed by atoms with van der Waals surface area (Å²) >= 11 is 0. The molecule has 0 heterocycles. The van der Waals surface area contributed by atoms with E-state index in [1.807, 2.05) is 4.72 Å². The lowest BCUT2D eigenvalue weighted by atomic mass is 10.0. The Morgan fingerprint density at radius 1 is 1.45 bits per heavy atom. The predicted octanol–water partition coefficient (Wildman–Crippen LogP) is 1.13. The Bertz CT molecular complexity index is 642. The number of carbonyl (C=O) groups is 1. The van der Waals surface area contributed by atoms with Crippen LogP contribution in [-0.2, 0) is 14.8 Å². The molecule has 0 aromatic heterocycles. The van der Waals surface area contributed by atoms with E-state index in [4.69, 9.17) is 5.11 Å². The molecule has 9 heteroatoms. The minimum Gasteiger partial charge on any atom is -0.480 e. The summed E-state index contributed by atoms with van der Waals surface area (Å²) in [5, 5.41) is 19.9. The van der Waals surface area contributed by atoms with Crippen LogP contribution in [0.15, 0.2) is 29.2 Å². The van der Waals surface area contributed by atoms with Crippen LogP contribution in [0.5, 0.6) is 0 Å². The molecule has 0 saturated carbocycles. The van der Waals surface area contributed by atoms with Crippen molar-refractivity contribution >= 4 is 21.7 Å². The Morgan fingerprint density at radius 2 is 2.00 bits per heavy atom. The summed E-state index contributed by atoms with van der Waals surface area (Å²) in [5.74, 6) is -1.36. The van der Waals surface area contributed by atoms with E-state index >= 15 is 0 Å². The number of nitrogens with zero attached hydrogens (tertiary/aromatic N) is 1. The fourth-order valence-electron chi connectivity index (χ4n) is 1.45. The second kappa shape index (κ2) is 5.55. The first-order valence-corrected chi connectivity index (χ1v) is 7.13. The summed E-state index contributed by atoms with van der Waals surface area (Å²) in [5.41, 5.74) is -2.34. The highest BCUT2D eigenvalue weighted by atomic mass is 32.2. The van der Waals surface area contributed by atoms with Crippen LogP contribution in [0, 0.1) is 10.1 Å². The Kier molecular flexibility index (Phi) is 4.46. The average molecular weight is 302 g/mol. The van der Waals surface area contributed by atoms with Gasteiger partial charge in [0.2, 0.25) is 10.0 Å². The van der Waals surface area contributed by atoms with E-state index in [1.165, 1.54) is 26.0 Å². The molecule has 8 nitrogen and oxygen atoms in total. The van der Waals surface area contributed by atoms with Gasteiger partial charge in [0.15, 0.2) is 4.90 Å². The van der Waals surface area contributed by atoms with Crippen LogP contribution in [0.2, 0.25) is 0 Å². The standard InChI is InChI=1S/C11H14N2O6S/c1-3-11(2,10(14)15)12-20(18,19)9-7-5-4-6-8(9)13(16)17/h4-7,12H,3H2,1-2H3,(H,14,15). The van der Waals surface area contributed by atoms with Crippen LogP contribution >= 0.6 is 0 Å². The van der Waals surface area contributed by atoms with Gasteiger partial charge in [-0.05, 0) is 19.4 Å². The zero-order valence-corrected chi connectivity index (χ0v) is 11.7. The number of hydrogen-bond donors (Lipinski definition) is 2. The third-order valence-electron chi connectivity index (χ3n) is 2.89. The van der Waals surface area contributed by atoms with Crippen molar-refractivity contribution in [3.8, 4) is 0 Å². The van der Waals surface area contributed by atoms with E-state index in [1.54, 1.807) is 0 Å². The van der Waals surface area contributed by atoms with Gasteiger partial charge < -0.3 is 5.11 Å². The molecular weight excluding hydrogens is 288 g/mol. The maximum atomic E-state index is 12.2. The van der Waals surface area contributed by atoms with E-state index in [-0.39, 0.29) is 6.42 Å². The molecule has 2 N–H and O–H groups in total. The van der Waals surface area contributed by atoms with E-state index in [9.17, 15) is 23.3 Å². The number of sulfonamides is 1. The number of nitrogens with one attached hydrogen (secondary N) is 1. The molecule has 1 rings (SSSR count). The SMILES string of the molecule is CCC(C)(NS(=O)(=O)c1ccccc1[N+](=O)[O-])C(=O)O. The van der Waals surface area contributed by atoms with Gasteiger partial charge in [-0.25, -0.2) is 8.42 Å². The van der Waals surface area contributed by atoms with Crippen molar-refractivity contribution in [2.75, 3.05) is 0 Å². The number of carboxylic acids is 1. The van der Waals surface area contributed by atoms with E-state index in [0.29, 0.717) is 0 Å². The summed E-state index contributed by atoms with van der Waals surface area (Å²) < 4.78 is 26.3. The summed E-state index contributed by atoms with van der Waals surface area (Å²) in [6.45, 7) is 2.69. The Morgan fingerprint density at radius 3 is 2.45 bits per heavy atom. The number of nitro benzene ring substituents is 1. The number of benzene rings is 1. The molecule has 20 heavy (non-hydrogen) atoms. The van der Waals surface area contributed by atoms with Crippen molar-refractivity contribution in [3.63, 3.8) is 0 Å². The quantitative estimate of drug-likeness (QED) is 0.599. The second-order valence-corrected chi connectivity index (χ2v) is 5.97. The molecule has 0 aliphatic heterocycles. The molecule has 0 radical (unpaired) electrons. The molecule has 0 amide bonds. The topological polar surface area (TPSA) is 127 Å². The molecule has 0 aliphatic rings. The number of para-hydroxylation sites is 1. The minimum atomic E-state index is -4.32. The first kappa shape index (κ1) is 16.1. The molecular formula is C11H14N2O6S. The highest BCUT2D eigenvalue weighted by molar-refractivity contribution is 7.89. The fraction of sp³-hybridized carbons (Fsp3) is 0.364. The first-order chi connectivity index (χ1) is 9.14. The smallest absolute Gasteiger partial charge is 0.324 e. The number of carboxylic acid groups (broad SMARTS) is 1. The zero-order valence-electron chi connectivity index (χ0n) is 10.9. The normalized spacial score (nSPS) is 14.5. The molecule has 1 unspecified atom stereocenters. The van der Waals surface area contributed by atoms with Crippen LogP contribution < -0.4 is 4.72 Å². The molecule has 0 fully saturated rings. The number of aliphatic carboxylic acids is 1. The summed E-state index contributed by atoms with van der Waals surface area (Å²) in [7, 11) is -4.32. The zero-order chi connectivity index (χ0) is 15.6. The van der Waals surface area contributed by atoms with Crippen molar-refractivity contribution in [1.29, 1.82) is 0 Å². The predicted molar refractivity (Wildman–Crippen MR) is 69.7 cm³/mol. The largest absolute Gasteiger partial charge is 0.480 e. The van der Waals surface area contributed by atoms with Gasteiger partial charge in [0, 0.05) is 6.07 Å². The monoisotopic (exact) mass is 302 g/mol. The van der Waals surface area contributed by atoms with Gasteiger partial charge in [-0.2, -0.15) is 4.72 Å². The Labute approximate surface area is 115 Å². The molecule has 1 aromatic carbocycles. The van der Waals surface area contributed by atoms with E-state index in [0.717, 1.165) is 12.1 Å². The number of hydrogen-bond acceptors (Lipinski definition) is 5. The third kappa shape index (κ3) is 3.11. The van der Waals surface area contributed by atoms with E-state index < -0.39 is 37.0 Å². The maximum absolute atomic E-state index is 12.2. The molecule has 0 spiro atoms. The van der Waals surface area contributed by atoms with Crippen LogP contribution in [0.1, 0.15) is 20.3 Å². The first-order valence-electron chi connectivity index (χ1n) is 5.65. The average Bonchev–Trinajstić information content (AvgIpc) is 2.37. The fourth-order valence-corrected chi connectivity index (χ4v) is 3.06. The lowest BCUT2D eigenvalue weighted by Gasteiger charge is -2.24. The second-order valence-electron chi connectivity index (χ2n) is 4.32. The highest BCUT2D eigenvalue weighted by Crippen LogP contribution is 2.24. The van der Waals surface area contributed by atoms with Gasteiger partial charge in [-0.15, -0.1) is 0 Å². The Balaban J connectivity index is 3.32. The van der Waals surface area contributed by atoms with Gasteiger partial charge in [0.1, 0.15) is 5.54 Å². The molecule has 0 aliphatic carbocycles. The van der Waals surface area contributed by atoms with Crippen LogP contribution in [0.4, 0.5) is 5.69 Å². The summed E-state index contributed by atoms with van der Waals surface area (Å²) in [6.07, 6.45) is -0.0117. The Hall–Kier alpha value is -2.00. The van der Waals surface area contributed by atoms with Gasteiger partial charge >= 0.3 is 5.97 Å². The van der Waals surface area contributed by atoms with Gasteiger partial charge in [-0.1, -0.05) is 19.1 Å². The minimum absolute atomic E-state index is 0.0117. The van der Waals surface area contributed by atoms with Crippen LogP contribution in [0.25, 0.3) is 0 Å². The lowest BCUT2D eigenvalue weighted by molar-refractivity contribution is -0.387. The van der Waals surface area contributed by atoms with Crippen LogP contribution in [0.3, 0.4) is 0 Å².